The van der Waals surface area contributed by atoms with Crippen LogP contribution in [0.4, 0.5) is 0 Å². The fourth-order valence-corrected chi connectivity index (χ4v) is 2.30. The van der Waals surface area contributed by atoms with Crippen LogP contribution in [0.1, 0.15) is 49.4 Å². The van der Waals surface area contributed by atoms with Crippen LogP contribution in [0.2, 0.25) is 0 Å². The summed E-state index contributed by atoms with van der Waals surface area (Å²) in [7, 11) is 0. The molecule has 0 unspecified atom stereocenters. The van der Waals surface area contributed by atoms with Gasteiger partial charge in [-0.3, -0.25) is 4.79 Å². The normalized spacial score (nSPS) is 10.2. The Balaban J connectivity index is 2.24. The number of rotatable bonds is 7. The van der Waals surface area contributed by atoms with Crippen molar-refractivity contribution in [2.45, 2.75) is 39.0 Å². The van der Waals surface area contributed by atoms with Gasteiger partial charge in [-0.15, -0.1) is 0 Å². The highest BCUT2D eigenvalue weighted by Gasteiger charge is 2.07. The zero-order chi connectivity index (χ0) is 12.5. The van der Waals surface area contributed by atoms with E-state index < -0.39 is 0 Å². The zero-order valence-corrected chi connectivity index (χ0v) is 12.5. The van der Waals surface area contributed by atoms with Gasteiger partial charge in [0.2, 0.25) is 0 Å². The van der Waals surface area contributed by atoms with E-state index in [2.05, 4.69) is 34.8 Å². The fraction of sp³-hybridized carbons (Fsp3) is 0.500. The van der Waals surface area contributed by atoms with Gasteiger partial charge < -0.3 is 5.32 Å². The molecule has 0 bridgehead atoms. The first-order valence-electron chi connectivity index (χ1n) is 6.28. The number of unbranched alkanes of at least 4 members (excludes halogenated alkanes) is 4. The van der Waals surface area contributed by atoms with Crippen molar-refractivity contribution in [3.05, 3.63) is 33.4 Å². The van der Waals surface area contributed by atoms with E-state index in [1.807, 2.05) is 24.3 Å². The number of benzene rings is 1. The van der Waals surface area contributed by atoms with Crippen molar-refractivity contribution < 1.29 is 4.79 Å². The molecule has 0 aliphatic rings. The van der Waals surface area contributed by atoms with Crippen LogP contribution in [0.15, 0.2) is 24.3 Å². The lowest BCUT2D eigenvalue weighted by Gasteiger charge is -2.06. The van der Waals surface area contributed by atoms with Crippen LogP contribution in [0, 0.1) is 3.57 Å². The van der Waals surface area contributed by atoms with Crippen LogP contribution in [-0.4, -0.2) is 12.5 Å². The number of nitrogens with one attached hydrogen (secondary N) is 1. The monoisotopic (exact) mass is 345 g/mol. The molecular formula is C14H20INO. The highest BCUT2D eigenvalue weighted by atomic mass is 127. The van der Waals surface area contributed by atoms with Gasteiger partial charge in [-0.05, 0) is 41.1 Å². The molecule has 2 nitrogen and oxygen atoms in total. The first-order chi connectivity index (χ1) is 8.25. The SMILES string of the molecule is CCCCCCCNC(=O)c1ccccc1I. The minimum absolute atomic E-state index is 0.0468. The lowest BCUT2D eigenvalue weighted by molar-refractivity contribution is 0.0952. The molecule has 1 N–H and O–H groups in total. The molecule has 0 fully saturated rings. The molecule has 0 aliphatic heterocycles. The summed E-state index contributed by atoms with van der Waals surface area (Å²) in [4.78, 5) is 11.8. The molecule has 0 atom stereocenters. The van der Waals surface area contributed by atoms with Gasteiger partial charge in [0.25, 0.3) is 5.91 Å². The Kier molecular flexibility index (Phi) is 7.24. The summed E-state index contributed by atoms with van der Waals surface area (Å²) in [6.45, 7) is 2.99. The maximum Gasteiger partial charge on any atom is 0.252 e. The number of amides is 1. The third-order valence-corrected chi connectivity index (χ3v) is 3.63. The minimum atomic E-state index is 0.0468. The predicted molar refractivity (Wildman–Crippen MR) is 80.3 cm³/mol. The number of hydrogen-bond acceptors (Lipinski definition) is 1. The molecular weight excluding hydrogens is 325 g/mol. The van der Waals surface area contributed by atoms with Crippen LogP contribution in [0.5, 0.6) is 0 Å². The standard InChI is InChI=1S/C14H20INO/c1-2-3-4-5-8-11-16-14(17)12-9-6-7-10-13(12)15/h6-7,9-10H,2-5,8,11H2,1H3,(H,16,17). The Morgan fingerprint density at radius 1 is 1.18 bits per heavy atom. The molecule has 94 valence electrons. The number of hydrogen-bond donors (Lipinski definition) is 1. The second-order valence-corrected chi connectivity index (χ2v) is 5.31. The average Bonchev–Trinajstić information content (AvgIpc) is 2.34. The maximum absolute atomic E-state index is 11.8. The Bertz CT molecular complexity index is 352. The summed E-state index contributed by atoms with van der Waals surface area (Å²) < 4.78 is 1.01. The van der Waals surface area contributed by atoms with Gasteiger partial charge >= 0.3 is 0 Å². The van der Waals surface area contributed by atoms with E-state index in [0.717, 1.165) is 22.1 Å². The fourth-order valence-electron chi connectivity index (χ4n) is 1.67. The third-order valence-electron chi connectivity index (χ3n) is 2.68. The van der Waals surface area contributed by atoms with E-state index in [1.54, 1.807) is 0 Å². The molecule has 1 aromatic carbocycles. The molecule has 0 aliphatic carbocycles. The second kappa shape index (κ2) is 8.50. The van der Waals surface area contributed by atoms with Crippen LogP contribution in [0.3, 0.4) is 0 Å². The number of carbonyl (C=O) groups excluding carboxylic acids is 1. The van der Waals surface area contributed by atoms with Crippen molar-refractivity contribution >= 4 is 28.5 Å². The lowest BCUT2D eigenvalue weighted by atomic mass is 10.1. The van der Waals surface area contributed by atoms with Gasteiger partial charge in [0.15, 0.2) is 0 Å². The molecule has 0 spiro atoms. The van der Waals surface area contributed by atoms with E-state index in [-0.39, 0.29) is 5.91 Å². The van der Waals surface area contributed by atoms with E-state index in [4.69, 9.17) is 0 Å². The highest BCUT2D eigenvalue weighted by molar-refractivity contribution is 14.1. The Morgan fingerprint density at radius 3 is 2.59 bits per heavy atom. The molecule has 3 heteroatoms. The molecule has 17 heavy (non-hydrogen) atoms. The van der Waals surface area contributed by atoms with Crippen LogP contribution in [0.25, 0.3) is 0 Å². The first kappa shape index (κ1) is 14.5. The van der Waals surface area contributed by atoms with E-state index in [1.165, 1.54) is 25.7 Å². The van der Waals surface area contributed by atoms with E-state index in [9.17, 15) is 4.79 Å². The molecule has 0 radical (unpaired) electrons. The summed E-state index contributed by atoms with van der Waals surface area (Å²) in [5.41, 5.74) is 0.779. The number of halogens is 1. The zero-order valence-electron chi connectivity index (χ0n) is 10.3. The first-order valence-corrected chi connectivity index (χ1v) is 7.36. The minimum Gasteiger partial charge on any atom is -0.352 e. The van der Waals surface area contributed by atoms with Gasteiger partial charge in [-0.2, -0.15) is 0 Å². The largest absolute Gasteiger partial charge is 0.352 e. The van der Waals surface area contributed by atoms with Gasteiger partial charge in [0, 0.05) is 10.1 Å². The summed E-state index contributed by atoms with van der Waals surface area (Å²) in [6.07, 6.45) is 6.11. The van der Waals surface area contributed by atoms with Gasteiger partial charge in [0.1, 0.15) is 0 Å². The molecule has 0 aromatic heterocycles. The van der Waals surface area contributed by atoms with Crippen molar-refractivity contribution in [1.82, 2.24) is 5.32 Å². The van der Waals surface area contributed by atoms with Crippen molar-refractivity contribution in [3.8, 4) is 0 Å². The summed E-state index contributed by atoms with van der Waals surface area (Å²) >= 11 is 2.19. The quantitative estimate of drug-likeness (QED) is 0.588. The summed E-state index contributed by atoms with van der Waals surface area (Å²) in [5, 5.41) is 2.97. The smallest absolute Gasteiger partial charge is 0.252 e. The molecule has 1 amide bonds. The Labute approximate surface area is 117 Å². The second-order valence-electron chi connectivity index (χ2n) is 4.15. The molecule has 0 saturated heterocycles. The topological polar surface area (TPSA) is 29.1 Å². The summed E-state index contributed by atoms with van der Waals surface area (Å²) in [5.74, 6) is 0.0468. The average molecular weight is 345 g/mol. The highest BCUT2D eigenvalue weighted by Crippen LogP contribution is 2.11. The molecule has 1 aromatic rings. The van der Waals surface area contributed by atoms with Gasteiger partial charge in [-0.1, -0.05) is 44.7 Å². The van der Waals surface area contributed by atoms with E-state index in [0.29, 0.717) is 0 Å². The van der Waals surface area contributed by atoms with Crippen LogP contribution >= 0.6 is 22.6 Å². The molecule has 0 heterocycles. The maximum atomic E-state index is 11.8. The van der Waals surface area contributed by atoms with Gasteiger partial charge in [0.05, 0.1) is 5.56 Å². The van der Waals surface area contributed by atoms with Crippen molar-refractivity contribution in [2.75, 3.05) is 6.54 Å². The summed E-state index contributed by atoms with van der Waals surface area (Å²) in [6, 6.07) is 7.67. The van der Waals surface area contributed by atoms with Crippen molar-refractivity contribution in [2.24, 2.45) is 0 Å². The van der Waals surface area contributed by atoms with Crippen molar-refractivity contribution in [1.29, 1.82) is 0 Å². The van der Waals surface area contributed by atoms with Crippen molar-refractivity contribution in [3.63, 3.8) is 0 Å². The van der Waals surface area contributed by atoms with Crippen LogP contribution < -0.4 is 5.32 Å². The Hall–Kier alpha value is -0.580. The molecule has 1 rings (SSSR count). The third kappa shape index (κ3) is 5.52. The molecule has 0 saturated carbocycles. The predicted octanol–water partition coefficient (Wildman–Crippen LogP) is 3.99. The van der Waals surface area contributed by atoms with E-state index >= 15 is 0 Å². The number of carbonyl (C=O) groups is 1. The van der Waals surface area contributed by atoms with Crippen LogP contribution in [-0.2, 0) is 0 Å². The lowest BCUT2D eigenvalue weighted by Crippen LogP contribution is -2.25. The van der Waals surface area contributed by atoms with Gasteiger partial charge in [-0.25, -0.2) is 0 Å². The Morgan fingerprint density at radius 2 is 1.88 bits per heavy atom.